The molecule has 1 amide bonds. The monoisotopic (exact) mass is 357 g/mol. The van der Waals surface area contributed by atoms with Crippen LogP contribution in [0.1, 0.15) is 44.7 Å². The Bertz CT molecular complexity index is 794. The van der Waals surface area contributed by atoms with Gasteiger partial charge in [-0.05, 0) is 49.2 Å². The lowest BCUT2D eigenvalue weighted by molar-refractivity contribution is -0.117. The van der Waals surface area contributed by atoms with Crippen molar-refractivity contribution in [2.45, 2.75) is 26.2 Å². The molecule has 0 spiro atoms. The average Bonchev–Trinajstić information content (AvgIpc) is 3.28. The number of hydrogen-bond donors (Lipinski definition) is 0. The fourth-order valence-electron chi connectivity index (χ4n) is 2.70. The topological polar surface area (TPSA) is 63.7 Å². The van der Waals surface area contributed by atoms with E-state index in [1.165, 1.54) is 11.3 Å². The van der Waals surface area contributed by atoms with Gasteiger partial charge >= 0.3 is 5.97 Å². The van der Waals surface area contributed by atoms with Crippen molar-refractivity contribution in [3.05, 3.63) is 51.7 Å². The number of carbonyl (C=O) groups is 3. The number of esters is 1. The number of benzene rings is 1. The quantitative estimate of drug-likeness (QED) is 0.586. The molecule has 1 fully saturated rings. The van der Waals surface area contributed by atoms with Crippen LogP contribution in [0.25, 0.3) is 0 Å². The van der Waals surface area contributed by atoms with Crippen LogP contribution in [0.3, 0.4) is 0 Å². The van der Waals surface area contributed by atoms with Gasteiger partial charge in [0.05, 0.1) is 10.4 Å². The maximum Gasteiger partial charge on any atom is 0.338 e. The van der Waals surface area contributed by atoms with Crippen molar-refractivity contribution in [1.29, 1.82) is 0 Å². The van der Waals surface area contributed by atoms with Crippen molar-refractivity contribution in [2.24, 2.45) is 0 Å². The van der Waals surface area contributed by atoms with E-state index in [1.807, 2.05) is 13.0 Å². The Labute approximate surface area is 150 Å². The van der Waals surface area contributed by atoms with Crippen molar-refractivity contribution in [3.8, 4) is 0 Å². The van der Waals surface area contributed by atoms with Crippen molar-refractivity contribution < 1.29 is 19.1 Å². The van der Waals surface area contributed by atoms with Gasteiger partial charge in [0.1, 0.15) is 0 Å². The summed E-state index contributed by atoms with van der Waals surface area (Å²) < 4.78 is 5.11. The number of nitrogens with zero attached hydrogens (tertiary/aromatic N) is 1. The van der Waals surface area contributed by atoms with E-state index in [0.29, 0.717) is 23.4 Å². The highest BCUT2D eigenvalue weighted by molar-refractivity contribution is 7.14. The number of anilines is 1. The molecule has 0 bridgehead atoms. The van der Waals surface area contributed by atoms with Crippen LogP contribution in [0.5, 0.6) is 0 Å². The molecule has 0 N–H and O–H groups in total. The second-order valence-corrected chi connectivity index (χ2v) is 6.98. The summed E-state index contributed by atoms with van der Waals surface area (Å²) in [7, 11) is 0. The lowest BCUT2D eigenvalue weighted by Gasteiger charge is -2.15. The average molecular weight is 357 g/mol. The summed E-state index contributed by atoms with van der Waals surface area (Å²) in [6.45, 7) is 2.46. The number of carbonyl (C=O) groups excluding carboxylic acids is 3. The van der Waals surface area contributed by atoms with Crippen molar-refractivity contribution >= 4 is 34.7 Å². The molecule has 0 aliphatic carbocycles. The maximum atomic E-state index is 12.1. The molecular weight excluding hydrogens is 338 g/mol. The first-order valence-corrected chi connectivity index (χ1v) is 9.09. The zero-order valence-electron chi connectivity index (χ0n) is 14.0. The predicted octanol–water partition coefficient (Wildman–Crippen LogP) is 3.48. The number of ketones is 1. The zero-order chi connectivity index (χ0) is 17.8. The Balaban J connectivity index is 1.57. The van der Waals surface area contributed by atoms with Gasteiger partial charge in [0, 0.05) is 23.5 Å². The van der Waals surface area contributed by atoms with Gasteiger partial charge in [0.2, 0.25) is 11.7 Å². The molecule has 0 unspecified atom stereocenters. The van der Waals surface area contributed by atoms with E-state index < -0.39 is 5.97 Å². The number of hydrogen-bond acceptors (Lipinski definition) is 5. The molecule has 5 nitrogen and oxygen atoms in total. The third-order valence-electron chi connectivity index (χ3n) is 4.11. The molecule has 6 heteroatoms. The van der Waals surface area contributed by atoms with Crippen LogP contribution in [-0.2, 0) is 16.0 Å². The van der Waals surface area contributed by atoms with E-state index in [2.05, 4.69) is 0 Å². The minimum atomic E-state index is -0.542. The van der Waals surface area contributed by atoms with Gasteiger partial charge in [-0.3, -0.25) is 9.59 Å². The first kappa shape index (κ1) is 17.4. The molecule has 25 heavy (non-hydrogen) atoms. The largest absolute Gasteiger partial charge is 0.454 e. The Hall–Kier alpha value is -2.47. The second kappa shape index (κ2) is 7.61. The molecule has 3 rings (SSSR count). The molecule has 1 aromatic heterocycles. The summed E-state index contributed by atoms with van der Waals surface area (Å²) in [4.78, 5) is 39.3. The van der Waals surface area contributed by atoms with Gasteiger partial charge in [-0.15, -0.1) is 11.3 Å². The minimum absolute atomic E-state index is 0.100. The van der Waals surface area contributed by atoms with Gasteiger partial charge in [-0.1, -0.05) is 6.92 Å². The normalized spacial score (nSPS) is 14.0. The third kappa shape index (κ3) is 3.96. The summed E-state index contributed by atoms with van der Waals surface area (Å²) >= 11 is 1.43. The van der Waals surface area contributed by atoms with Crippen LogP contribution in [0.2, 0.25) is 0 Å². The van der Waals surface area contributed by atoms with Gasteiger partial charge in [-0.25, -0.2) is 4.79 Å². The van der Waals surface area contributed by atoms with E-state index >= 15 is 0 Å². The predicted molar refractivity (Wildman–Crippen MR) is 96.3 cm³/mol. The molecule has 130 valence electrons. The molecule has 2 heterocycles. The molecule has 0 saturated carbocycles. The number of amides is 1. The van der Waals surface area contributed by atoms with Crippen LogP contribution in [-0.4, -0.2) is 30.8 Å². The fourth-order valence-corrected chi connectivity index (χ4v) is 3.57. The maximum absolute atomic E-state index is 12.1. The van der Waals surface area contributed by atoms with Gasteiger partial charge in [0.25, 0.3) is 0 Å². The lowest BCUT2D eigenvalue weighted by Crippen LogP contribution is -2.23. The molecule has 2 aromatic rings. The molecular formula is C19H19NO4S. The molecule has 1 aliphatic heterocycles. The van der Waals surface area contributed by atoms with Crippen molar-refractivity contribution in [1.82, 2.24) is 0 Å². The summed E-state index contributed by atoms with van der Waals surface area (Å²) in [5.74, 6) is -0.638. The number of aryl methyl sites for hydroxylation is 1. The van der Waals surface area contributed by atoms with Crippen molar-refractivity contribution in [2.75, 3.05) is 18.1 Å². The van der Waals surface area contributed by atoms with Crippen LogP contribution in [0.4, 0.5) is 5.69 Å². The smallest absolute Gasteiger partial charge is 0.338 e. The number of Topliss-reactive ketones (excluding diaryl/α,β-unsaturated/α-hetero) is 1. The Kier molecular flexibility index (Phi) is 5.28. The number of rotatable bonds is 6. The van der Waals surface area contributed by atoms with E-state index in [4.69, 9.17) is 4.74 Å². The van der Waals surface area contributed by atoms with E-state index in [0.717, 1.165) is 23.4 Å². The summed E-state index contributed by atoms with van der Waals surface area (Å²) in [5.41, 5.74) is 1.14. The zero-order valence-corrected chi connectivity index (χ0v) is 14.8. The molecule has 1 saturated heterocycles. The Morgan fingerprint density at radius 2 is 1.92 bits per heavy atom. The van der Waals surface area contributed by atoms with E-state index in [-0.39, 0.29) is 18.3 Å². The third-order valence-corrected chi connectivity index (χ3v) is 5.38. The second-order valence-electron chi connectivity index (χ2n) is 5.81. The Morgan fingerprint density at radius 3 is 2.52 bits per heavy atom. The highest BCUT2D eigenvalue weighted by Gasteiger charge is 2.22. The number of ether oxygens (including phenoxy) is 1. The summed E-state index contributed by atoms with van der Waals surface area (Å²) in [6, 6.07) is 10.4. The SMILES string of the molecule is CCc1ccc(C(=O)COC(=O)c2ccc(N3CCCC3=O)cc2)s1. The van der Waals surface area contributed by atoms with Crippen LogP contribution in [0, 0.1) is 0 Å². The lowest BCUT2D eigenvalue weighted by atomic mass is 10.2. The summed E-state index contributed by atoms with van der Waals surface area (Å²) in [5, 5.41) is 0. The highest BCUT2D eigenvalue weighted by Crippen LogP contribution is 2.22. The summed E-state index contributed by atoms with van der Waals surface area (Å²) in [6.07, 6.45) is 2.30. The van der Waals surface area contributed by atoms with Crippen LogP contribution in [0.15, 0.2) is 36.4 Å². The van der Waals surface area contributed by atoms with Crippen molar-refractivity contribution in [3.63, 3.8) is 0 Å². The Morgan fingerprint density at radius 1 is 1.16 bits per heavy atom. The van der Waals surface area contributed by atoms with Gasteiger partial charge < -0.3 is 9.64 Å². The fraction of sp³-hybridized carbons (Fsp3) is 0.316. The first-order chi connectivity index (χ1) is 12.1. The van der Waals surface area contributed by atoms with Crippen LogP contribution >= 0.6 is 11.3 Å². The van der Waals surface area contributed by atoms with E-state index in [1.54, 1.807) is 35.2 Å². The van der Waals surface area contributed by atoms with E-state index in [9.17, 15) is 14.4 Å². The standard InChI is InChI=1S/C19H19NO4S/c1-2-15-9-10-17(25-15)16(21)12-24-19(23)13-5-7-14(8-6-13)20-11-3-4-18(20)22/h5-10H,2-4,11-12H2,1H3. The first-order valence-electron chi connectivity index (χ1n) is 8.28. The van der Waals surface area contributed by atoms with Gasteiger partial charge in [0.15, 0.2) is 6.61 Å². The molecule has 1 aromatic carbocycles. The highest BCUT2D eigenvalue weighted by atomic mass is 32.1. The molecule has 0 radical (unpaired) electrons. The number of thiophene rings is 1. The minimum Gasteiger partial charge on any atom is -0.454 e. The molecule has 0 atom stereocenters. The van der Waals surface area contributed by atoms with Crippen LogP contribution < -0.4 is 4.90 Å². The van der Waals surface area contributed by atoms with Gasteiger partial charge in [-0.2, -0.15) is 0 Å². The molecule has 1 aliphatic rings.